The van der Waals surface area contributed by atoms with Gasteiger partial charge in [-0.2, -0.15) is 0 Å². The number of aliphatic imine (C=N–C) groups is 1. The summed E-state index contributed by atoms with van der Waals surface area (Å²) in [6.07, 6.45) is 3.52. The summed E-state index contributed by atoms with van der Waals surface area (Å²) in [5.74, 6) is 1.82. The van der Waals surface area contributed by atoms with Crippen molar-refractivity contribution in [1.29, 1.82) is 0 Å². The molecular weight excluding hydrogens is 328 g/mol. The maximum Gasteiger partial charge on any atom is 0.191 e. The van der Waals surface area contributed by atoms with E-state index in [9.17, 15) is 0 Å². The highest BCUT2D eigenvalue weighted by Gasteiger charge is 2.28. The van der Waals surface area contributed by atoms with Gasteiger partial charge >= 0.3 is 0 Å². The Morgan fingerprint density at radius 2 is 2.00 bits per heavy atom. The molecule has 6 nitrogen and oxygen atoms in total. The van der Waals surface area contributed by atoms with E-state index >= 15 is 0 Å². The fourth-order valence-corrected chi connectivity index (χ4v) is 2.98. The third kappa shape index (κ3) is 7.22. The lowest BCUT2D eigenvalue weighted by molar-refractivity contribution is 0.145. The number of hydrogen-bond donors (Lipinski definition) is 2. The number of methoxy groups -OCH3 is 2. The zero-order chi connectivity index (χ0) is 18.6. The van der Waals surface area contributed by atoms with Gasteiger partial charge in [0.05, 0.1) is 20.3 Å². The molecule has 6 heteroatoms. The Hall–Kier alpha value is -1.79. The first-order valence-electron chi connectivity index (χ1n) is 9.65. The molecule has 1 aromatic rings. The van der Waals surface area contributed by atoms with Gasteiger partial charge < -0.3 is 20.1 Å². The number of nitrogens with zero attached hydrogens (tertiary/aromatic N) is 2. The van der Waals surface area contributed by atoms with Crippen LogP contribution in [0.25, 0.3) is 0 Å². The highest BCUT2D eigenvalue weighted by Crippen LogP contribution is 2.26. The van der Waals surface area contributed by atoms with Crippen LogP contribution in [0.4, 0.5) is 0 Å². The van der Waals surface area contributed by atoms with Gasteiger partial charge in [-0.15, -0.1) is 0 Å². The zero-order valence-electron chi connectivity index (χ0n) is 16.5. The van der Waals surface area contributed by atoms with Gasteiger partial charge in [0.15, 0.2) is 5.96 Å². The molecule has 0 aliphatic heterocycles. The van der Waals surface area contributed by atoms with Crippen molar-refractivity contribution < 1.29 is 9.47 Å². The van der Waals surface area contributed by atoms with E-state index in [0.717, 1.165) is 63.5 Å². The van der Waals surface area contributed by atoms with Crippen molar-refractivity contribution >= 4 is 5.96 Å². The molecule has 0 heterocycles. The predicted octanol–water partition coefficient (Wildman–Crippen LogP) is 1.90. The lowest BCUT2D eigenvalue weighted by atomic mass is 10.1. The van der Waals surface area contributed by atoms with Gasteiger partial charge in [0.1, 0.15) is 5.75 Å². The summed E-state index contributed by atoms with van der Waals surface area (Å²) in [5, 5.41) is 6.75. The Balaban J connectivity index is 1.78. The minimum atomic E-state index is 0.737. The van der Waals surface area contributed by atoms with Crippen molar-refractivity contribution in [2.45, 2.75) is 32.2 Å². The van der Waals surface area contributed by atoms with Crippen LogP contribution in [0.3, 0.4) is 0 Å². The first-order valence-corrected chi connectivity index (χ1v) is 9.65. The molecule has 1 aromatic carbocycles. The smallest absolute Gasteiger partial charge is 0.191 e. The molecule has 1 fully saturated rings. The molecule has 0 amide bonds. The molecule has 1 aliphatic rings. The lowest BCUT2D eigenvalue weighted by Gasteiger charge is -2.20. The van der Waals surface area contributed by atoms with Gasteiger partial charge in [0.25, 0.3) is 0 Å². The van der Waals surface area contributed by atoms with E-state index in [1.807, 2.05) is 18.2 Å². The largest absolute Gasteiger partial charge is 0.496 e. The summed E-state index contributed by atoms with van der Waals surface area (Å²) in [6, 6.07) is 8.89. The second-order valence-electron chi connectivity index (χ2n) is 6.51. The Morgan fingerprint density at radius 1 is 1.19 bits per heavy atom. The molecule has 26 heavy (non-hydrogen) atoms. The van der Waals surface area contributed by atoms with Crippen molar-refractivity contribution in [3.05, 3.63) is 29.8 Å². The van der Waals surface area contributed by atoms with E-state index < -0.39 is 0 Å². The quantitative estimate of drug-likeness (QED) is 0.439. The zero-order valence-corrected chi connectivity index (χ0v) is 16.5. The highest BCUT2D eigenvalue weighted by molar-refractivity contribution is 5.79. The molecule has 2 rings (SSSR count). The Bertz CT molecular complexity index is 546. The maximum atomic E-state index is 5.41. The third-order valence-corrected chi connectivity index (χ3v) is 4.53. The average Bonchev–Trinajstić information content (AvgIpc) is 3.50. The normalized spacial score (nSPS) is 14.5. The summed E-state index contributed by atoms with van der Waals surface area (Å²) >= 11 is 0. The van der Waals surface area contributed by atoms with Crippen LogP contribution >= 0.6 is 0 Å². The van der Waals surface area contributed by atoms with Crippen LogP contribution < -0.4 is 15.4 Å². The van der Waals surface area contributed by atoms with Crippen molar-refractivity contribution in [2.75, 3.05) is 53.6 Å². The van der Waals surface area contributed by atoms with Crippen LogP contribution in [0.2, 0.25) is 0 Å². The minimum Gasteiger partial charge on any atom is -0.496 e. The monoisotopic (exact) mass is 362 g/mol. The second-order valence-corrected chi connectivity index (χ2v) is 6.51. The van der Waals surface area contributed by atoms with Crippen LogP contribution in [0.1, 0.15) is 25.3 Å². The van der Waals surface area contributed by atoms with E-state index in [-0.39, 0.29) is 0 Å². The van der Waals surface area contributed by atoms with E-state index in [2.05, 4.69) is 28.5 Å². The molecule has 0 unspecified atom stereocenters. The number of hydrogen-bond acceptors (Lipinski definition) is 4. The van der Waals surface area contributed by atoms with Crippen molar-refractivity contribution in [3.8, 4) is 5.75 Å². The molecule has 0 radical (unpaired) electrons. The minimum absolute atomic E-state index is 0.737. The Morgan fingerprint density at radius 3 is 2.69 bits per heavy atom. The van der Waals surface area contributed by atoms with Gasteiger partial charge in [0, 0.05) is 39.3 Å². The Labute approximate surface area is 158 Å². The second kappa shape index (κ2) is 11.8. The fourth-order valence-electron chi connectivity index (χ4n) is 2.98. The number of nitrogens with one attached hydrogen (secondary N) is 2. The lowest BCUT2D eigenvalue weighted by Crippen LogP contribution is -2.39. The summed E-state index contributed by atoms with van der Waals surface area (Å²) in [4.78, 5) is 7.22. The number of para-hydroxylation sites is 1. The molecular formula is C20H34N4O2. The molecule has 0 atom stereocenters. The predicted molar refractivity (Wildman–Crippen MR) is 107 cm³/mol. The first kappa shape index (κ1) is 20.5. The van der Waals surface area contributed by atoms with Crippen molar-refractivity contribution in [2.24, 2.45) is 4.99 Å². The molecule has 0 saturated heterocycles. The standard InChI is InChI=1S/C20H34N4O2/c1-4-21-20(22-12-11-17-7-5-6-8-19(17)26-3)23-13-14-24(15-16-25-2)18-9-10-18/h5-8,18H,4,9-16H2,1-3H3,(H2,21,22,23). The van der Waals surface area contributed by atoms with E-state index in [1.54, 1.807) is 14.2 Å². The SMILES string of the molecule is CCNC(=NCCN(CCOC)C1CC1)NCCc1ccccc1OC. The van der Waals surface area contributed by atoms with Gasteiger partial charge in [-0.25, -0.2) is 0 Å². The fraction of sp³-hybridized carbons (Fsp3) is 0.650. The molecule has 2 N–H and O–H groups in total. The summed E-state index contributed by atoms with van der Waals surface area (Å²) < 4.78 is 10.6. The van der Waals surface area contributed by atoms with Gasteiger partial charge in [-0.05, 0) is 37.8 Å². The average molecular weight is 363 g/mol. The third-order valence-electron chi connectivity index (χ3n) is 4.53. The number of benzene rings is 1. The molecule has 1 saturated carbocycles. The van der Waals surface area contributed by atoms with Crippen molar-refractivity contribution in [3.63, 3.8) is 0 Å². The van der Waals surface area contributed by atoms with Gasteiger partial charge in [-0.1, -0.05) is 18.2 Å². The molecule has 1 aliphatic carbocycles. The Kier molecular flexibility index (Phi) is 9.28. The number of rotatable bonds is 12. The summed E-state index contributed by atoms with van der Waals surface area (Å²) in [7, 11) is 3.48. The van der Waals surface area contributed by atoms with E-state index in [4.69, 9.17) is 14.5 Å². The van der Waals surface area contributed by atoms with Crippen LogP contribution in [-0.2, 0) is 11.2 Å². The number of ether oxygens (including phenoxy) is 2. The molecule has 0 aromatic heterocycles. The van der Waals surface area contributed by atoms with Crippen LogP contribution in [-0.4, -0.2) is 70.5 Å². The topological polar surface area (TPSA) is 58.1 Å². The number of guanidine groups is 1. The van der Waals surface area contributed by atoms with Gasteiger partial charge in [-0.3, -0.25) is 9.89 Å². The van der Waals surface area contributed by atoms with Crippen LogP contribution in [0.15, 0.2) is 29.3 Å². The van der Waals surface area contributed by atoms with Crippen LogP contribution in [0, 0.1) is 0 Å². The van der Waals surface area contributed by atoms with Crippen LogP contribution in [0.5, 0.6) is 5.75 Å². The molecule has 0 spiro atoms. The van der Waals surface area contributed by atoms with E-state index in [1.165, 1.54) is 18.4 Å². The van der Waals surface area contributed by atoms with Gasteiger partial charge in [0.2, 0.25) is 0 Å². The maximum absolute atomic E-state index is 5.41. The summed E-state index contributed by atoms with van der Waals surface area (Å²) in [5.41, 5.74) is 1.21. The molecule has 146 valence electrons. The first-order chi connectivity index (χ1) is 12.8. The summed E-state index contributed by atoms with van der Waals surface area (Å²) in [6.45, 7) is 7.33. The molecule has 0 bridgehead atoms. The highest BCUT2D eigenvalue weighted by atomic mass is 16.5. The van der Waals surface area contributed by atoms with E-state index in [0.29, 0.717) is 0 Å². The van der Waals surface area contributed by atoms with Crippen molar-refractivity contribution in [1.82, 2.24) is 15.5 Å².